The number of thiol groups is 2. The minimum Gasteiger partial charge on any atom is -0.150 e. The molecule has 64 valence electrons. The topological polar surface area (TPSA) is 0 Å². The number of rotatable bonds is 0. The lowest BCUT2D eigenvalue weighted by Crippen LogP contribution is -2.42. The molecule has 0 saturated carbocycles. The smallest absolute Gasteiger partial charge is 0.115 e. The third kappa shape index (κ3) is 1.36. The SMILES string of the molecule is CC(C)=C1SC(S)(S)C1(C)C. The number of thioether (sulfide) groups is 1. The summed E-state index contributed by atoms with van der Waals surface area (Å²) in [6.45, 7) is 8.65. The molecule has 0 aromatic rings. The van der Waals surface area contributed by atoms with Crippen molar-refractivity contribution in [1.82, 2.24) is 0 Å². The van der Waals surface area contributed by atoms with Crippen LogP contribution in [0.15, 0.2) is 10.5 Å². The van der Waals surface area contributed by atoms with Gasteiger partial charge in [-0.25, -0.2) is 0 Å². The van der Waals surface area contributed by atoms with Crippen molar-refractivity contribution in [2.45, 2.75) is 31.1 Å². The van der Waals surface area contributed by atoms with Crippen LogP contribution in [0.1, 0.15) is 27.7 Å². The third-order valence-electron chi connectivity index (χ3n) is 2.08. The van der Waals surface area contributed by atoms with Gasteiger partial charge in [0.1, 0.15) is 3.41 Å². The molecule has 0 aliphatic carbocycles. The second-order valence-electron chi connectivity index (χ2n) is 3.66. The van der Waals surface area contributed by atoms with Gasteiger partial charge >= 0.3 is 0 Å². The average molecular weight is 206 g/mol. The first-order valence-corrected chi connectivity index (χ1v) is 5.32. The molecular weight excluding hydrogens is 192 g/mol. The molecule has 0 bridgehead atoms. The monoisotopic (exact) mass is 206 g/mol. The van der Waals surface area contributed by atoms with Crippen molar-refractivity contribution in [1.29, 1.82) is 0 Å². The highest BCUT2D eigenvalue weighted by atomic mass is 32.2. The maximum Gasteiger partial charge on any atom is 0.115 e. The normalized spacial score (nSPS) is 26.2. The summed E-state index contributed by atoms with van der Waals surface area (Å²) in [6.07, 6.45) is 0. The van der Waals surface area contributed by atoms with Crippen molar-refractivity contribution in [2.24, 2.45) is 5.41 Å². The predicted octanol–water partition coefficient (Wildman–Crippen LogP) is 3.57. The first-order valence-electron chi connectivity index (χ1n) is 3.61. The van der Waals surface area contributed by atoms with Crippen LogP contribution < -0.4 is 0 Å². The maximum atomic E-state index is 4.47. The van der Waals surface area contributed by atoms with Crippen molar-refractivity contribution in [2.75, 3.05) is 0 Å². The maximum absolute atomic E-state index is 4.47. The largest absolute Gasteiger partial charge is 0.150 e. The minimum absolute atomic E-state index is 0.128. The number of allylic oxidation sites excluding steroid dienone is 2. The Balaban J connectivity index is 2.95. The lowest BCUT2D eigenvalue weighted by atomic mass is 9.91. The van der Waals surface area contributed by atoms with E-state index in [4.69, 9.17) is 0 Å². The van der Waals surface area contributed by atoms with Crippen molar-refractivity contribution in [3.8, 4) is 0 Å². The molecule has 3 heteroatoms. The molecule has 0 unspecified atom stereocenters. The van der Waals surface area contributed by atoms with Crippen LogP contribution in [0, 0.1) is 5.41 Å². The Hall–Kier alpha value is 0.790. The second kappa shape index (κ2) is 2.64. The molecule has 0 spiro atoms. The fourth-order valence-electron chi connectivity index (χ4n) is 1.23. The Morgan fingerprint density at radius 2 is 1.73 bits per heavy atom. The van der Waals surface area contributed by atoms with Crippen LogP contribution in [-0.2, 0) is 0 Å². The average Bonchev–Trinajstić information content (AvgIpc) is 1.82. The molecule has 0 aromatic heterocycles. The van der Waals surface area contributed by atoms with E-state index in [1.807, 2.05) is 0 Å². The zero-order valence-electron chi connectivity index (χ0n) is 7.30. The summed E-state index contributed by atoms with van der Waals surface area (Å²) in [5.74, 6) is 0. The van der Waals surface area contributed by atoms with Crippen LogP contribution in [0.2, 0.25) is 0 Å². The van der Waals surface area contributed by atoms with E-state index in [0.29, 0.717) is 0 Å². The van der Waals surface area contributed by atoms with E-state index in [1.54, 1.807) is 11.8 Å². The molecule has 1 saturated heterocycles. The molecule has 1 fully saturated rings. The highest BCUT2D eigenvalue weighted by Crippen LogP contribution is 2.68. The van der Waals surface area contributed by atoms with E-state index in [9.17, 15) is 0 Å². The van der Waals surface area contributed by atoms with Gasteiger partial charge in [0.15, 0.2) is 0 Å². The highest BCUT2D eigenvalue weighted by Gasteiger charge is 2.53. The summed E-state index contributed by atoms with van der Waals surface area (Å²) in [4.78, 5) is 1.43. The van der Waals surface area contributed by atoms with Gasteiger partial charge in [-0.05, 0) is 18.8 Å². The van der Waals surface area contributed by atoms with Crippen molar-refractivity contribution in [3.63, 3.8) is 0 Å². The first-order chi connectivity index (χ1) is 4.79. The molecule has 0 radical (unpaired) electrons. The van der Waals surface area contributed by atoms with Gasteiger partial charge in [-0.15, -0.1) is 37.0 Å². The highest BCUT2D eigenvalue weighted by molar-refractivity contribution is 8.27. The van der Waals surface area contributed by atoms with Crippen LogP contribution in [-0.4, -0.2) is 3.41 Å². The number of hydrogen-bond acceptors (Lipinski definition) is 3. The van der Waals surface area contributed by atoms with Crippen LogP contribution >= 0.6 is 37.0 Å². The van der Waals surface area contributed by atoms with Gasteiger partial charge in [-0.2, -0.15) is 0 Å². The summed E-state index contributed by atoms with van der Waals surface area (Å²) in [7, 11) is 0. The third-order valence-corrected chi connectivity index (χ3v) is 5.66. The zero-order valence-corrected chi connectivity index (χ0v) is 9.91. The fraction of sp³-hybridized carbons (Fsp3) is 0.750. The Morgan fingerprint density at radius 3 is 1.82 bits per heavy atom. The standard InChI is InChI=1S/C8H14S3/c1-5(2)6-7(3,4)8(9,10)11-6/h9-10H,1-4H3. The predicted molar refractivity (Wildman–Crippen MR) is 60.4 cm³/mol. The van der Waals surface area contributed by atoms with Crippen molar-refractivity contribution < 1.29 is 0 Å². The van der Waals surface area contributed by atoms with Gasteiger partial charge in [0.25, 0.3) is 0 Å². The van der Waals surface area contributed by atoms with E-state index in [2.05, 4.69) is 53.0 Å². The van der Waals surface area contributed by atoms with Gasteiger partial charge in [0.2, 0.25) is 0 Å². The molecule has 0 nitrogen and oxygen atoms in total. The summed E-state index contributed by atoms with van der Waals surface area (Å²) in [5.41, 5.74) is 1.52. The Labute approximate surface area is 84.0 Å². The Bertz CT molecular complexity index is 209. The molecule has 0 N–H and O–H groups in total. The van der Waals surface area contributed by atoms with Crippen LogP contribution in [0.5, 0.6) is 0 Å². The van der Waals surface area contributed by atoms with Gasteiger partial charge in [-0.1, -0.05) is 19.4 Å². The summed E-state index contributed by atoms with van der Waals surface area (Å²) in [6, 6.07) is 0. The molecule has 0 aromatic carbocycles. The molecule has 1 aliphatic heterocycles. The molecular formula is C8H14S3. The molecule has 11 heavy (non-hydrogen) atoms. The van der Waals surface area contributed by atoms with Crippen molar-refractivity contribution >= 4 is 37.0 Å². The van der Waals surface area contributed by atoms with E-state index in [-0.39, 0.29) is 8.83 Å². The van der Waals surface area contributed by atoms with Gasteiger partial charge < -0.3 is 0 Å². The summed E-state index contributed by atoms with van der Waals surface area (Å²) < 4.78 is -0.181. The van der Waals surface area contributed by atoms with Crippen LogP contribution in [0.25, 0.3) is 0 Å². The van der Waals surface area contributed by atoms with Gasteiger partial charge in [0.05, 0.1) is 0 Å². The molecule has 1 aliphatic rings. The van der Waals surface area contributed by atoms with E-state index >= 15 is 0 Å². The minimum atomic E-state index is -0.181. The van der Waals surface area contributed by atoms with Crippen LogP contribution in [0.4, 0.5) is 0 Å². The van der Waals surface area contributed by atoms with Gasteiger partial charge in [0, 0.05) is 5.41 Å². The lowest BCUT2D eigenvalue weighted by molar-refractivity contribution is 0.471. The van der Waals surface area contributed by atoms with Crippen LogP contribution in [0.3, 0.4) is 0 Å². The van der Waals surface area contributed by atoms with E-state index in [0.717, 1.165) is 0 Å². The molecule has 1 rings (SSSR count). The summed E-state index contributed by atoms with van der Waals surface area (Å²) in [5, 5.41) is 0. The van der Waals surface area contributed by atoms with E-state index in [1.165, 1.54) is 10.5 Å². The number of hydrogen-bond donors (Lipinski definition) is 2. The van der Waals surface area contributed by atoms with Crippen molar-refractivity contribution in [3.05, 3.63) is 10.5 Å². The molecule has 0 atom stereocenters. The van der Waals surface area contributed by atoms with Gasteiger partial charge in [-0.3, -0.25) is 0 Å². The molecule has 0 amide bonds. The zero-order chi connectivity index (χ0) is 8.86. The Kier molecular flexibility index (Phi) is 2.37. The first kappa shape index (κ1) is 9.87. The fourth-order valence-corrected chi connectivity index (χ4v) is 3.25. The molecule has 1 heterocycles. The summed E-state index contributed by atoms with van der Waals surface area (Å²) >= 11 is 10.7. The quantitative estimate of drug-likeness (QED) is 0.451. The second-order valence-corrected chi connectivity index (χ2v) is 7.19. The lowest BCUT2D eigenvalue weighted by Gasteiger charge is -2.52. The Morgan fingerprint density at radius 1 is 1.27 bits per heavy atom. The van der Waals surface area contributed by atoms with E-state index < -0.39 is 0 Å².